The Balaban J connectivity index is 2.07. The molecule has 11 heteroatoms. The van der Waals surface area contributed by atoms with E-state index in [2.05, 4.69) is 0 Å². The maximum absolute atomic E-state index is 14.1. The Hall–Kier alpha value is -2.98. The van der Waals surface area contributed by atoms with Gasteiger partial charge in [0.2, 0.25) is 5.88 Å². The van der Waals surface area contributed by atoms with Crippen LogP contribution in [0.15, 0.2) is 60.7 Å². The largest absolute Gasteiger partial charge is 0.431 e. The van der Waals surface area contributed by atoms with Gasteiger partial charge in [-0.2, -0.15) is 13.2 Å². The van der Waals surface area contributed by atoms with Crippen LogP contribution in [0.25, 0.3) is 11.1 Å². The number of amides is 1. The third-order valence-corrected chi connectivity index (χ3v) is 7.29. The summed E-state index contributed by atoms with van der Waals surface area (Å²) in [5, 5.41) is 0.393. The van der Waals surface area contributed by atoms with Crippen molar-refractivity contribution in [3.05, 3.63) is 76.9 Å². The first-order chi connectivity index (χ1) is 16.4. The quantitative estimate of drug-likeness (QED) is 0.374. The first-order valence-corrected chi connectivity index (χ1v) is 12.8. The zero-order valence-electron chi connectivity index (χ0n) is 19.0. The second kappa shape index (κ2) is 10.7. The highest BCUT2D eigenvalue weighted by Gasteiger charge is 2.38. The standard InChI is InChI=1S/C24H24ClF3N2O4S/c1-3-35(32,33)14-13-29(2)23(31)34-22-20(18-9-11-19(25)12-10-18)15-21(24(26,27)28)30(22)16-17-7-5-4-6-8-17/h4-12,15H,3,13-14,16H2,1-2H3. The molecular weight excluding hydrogens is 505 g/mol. The van der Waals surface area contributed by atoms with E-state index in [0.29, 0.717) is 16.1 Å². The van der Waals surface area contributed by atoms with E-state index in [-0.39, 0.29) is 36.0 Å². The van der Waals surface area contributed by atoms with Crippen molar-refractivity contribution in [2.75, 3.05) is 25.1 Å². The molecule has 0 unspecified atom stereocenters. The predicted molar refractivity (Wildman–Crippen MR) is 128 cm³/mol. The summed E-state index contributed by atoms with van der Waals surface area (Å²) in [6, 6.07) is 15.5. The van der Waals surface area contributed by atoms with Gasteiger partial charge < -0.3 is 14.2 Å². The molecule has 0 aliphatic carbocycles. The molecule has 0 saturated carbocycles. The van der Waals surface area contributed by atoms with E-state index in [1.54, 1.807) is 30.3 Å². The average molecular weight is 529 g/mol. The summed E-state index contributed by atoms with van der Waals surface area (Å²) in [6.45, 7) is 1.11. The monoisotopic (exact) mass is 528 g/mol. The lowest BCUT2D eigenvalue weighted by atomic mass is 10.1. The van der Waals surface area contributed by atoms with Gasteiger partial charge >= 0.3 is 12.3 Å². The van der Waals surface area contributed by atoms with Gasteiger partial charge in [-0.1, -0.05) is 61.0 Å². The number of benzene rings is 2. The van der Waals surface area contributed by atoms with Gasteiger partial charge in [0.05, 0.1) is 12.3 Å². The molecule has 35 heavy (non-hydrogen) atoms. The van der Waals surface area contributed by atoms with Crippen LogP contribution in [0.1, 0.15) is 18.2 Å². The van der Waals surface area contributed by atoms with Crippen LogP contribution < -0.4 is 4.74 Å². The smallest absolute Gasteiger partial charge is 0.392 e. The molecule has 0 N–H and O–H groups in total. The highest BCUT2D eigenvalue weighted by molar-refractivity contribution is 7.91. The summed E-state index contributed by atoms with van der Waals surface area (Å²) in [5.74, 6) is -0.692. The van der Waals surface area contributed by atoms with Crippen LogP contribution >= 0.6 is 11.6 Å². The van der Waals surface area contributed by atoms with E-state index in [1.807, 2.05) is 0 Å². The molecule has 3 rings (SSSR count). The number of carbonyl (C=O) groups is 1. The van der Waals surface area contributed by atoms with Crippen LogP contribution in [0.2, 0.25) is 5.02 Å². The molecule has 1 amide bonds. The number of hydrogen-bond donors (Lipinski definition) is 0. The van der Waals surface area contributed by atoms with E-state index >= 15 is 0 Å². The molecule has 1 heterocycles. The molecule has 6 nitrogen and oxygen atoms in total. The fraction of sp³-hybridized carbons (Fsp3) is 0.292. The molecule has 188 valence electrons. The van der Waals surface area contributed by atoms with E-state index in [0.717, 1.165) is 15.5 Å². The van der Waals surface area contributed by atoms with Crippen molar-refractivity contribution in [3.63, 3.8) is 0 Å². The molecule has 0 aliphatic heterocycles. The predicted octanol–water partition coefficient (Wildman–Crippen LogP) is 5.74. The van der Waals surface area contributed by atoms with Gasteiger partial charge in [-0.25, -0.2) is 13.2 Å². The van der Waals surface area contributed by atoms with Crippen LogP contribution in [-0.4, -0.2) is 49.1 Å². The van der Waals surface area contributed by atoms with E-state index < -0.39 is 27.8 Å². The normalized spacial score (nSPS) is 11.9. The lowest BCUT2D eigenvalue weighted by Crippen LogP contribution is -2.34. The first kappa shape index (κ1) is 26.6. The summed E-state index contributed by atoms with van der Waals surface area (Å²) >= 11 is 5.94. The number of sulfone groups is 1. The van der Waals surface area contributed by atoms with Gasteiger partial charge in [-0.05, 0) is 29.3 Å². The SMILES string of the molecule is CCS(=O)(=O)CCN(C)C(=O)Oc1c(-c2ccc(Cl)cc2)cc(C(F)(F)F)n1Cc1ccccc1. The van der Waals surface area contributed by atoms with Crippen molar-refractivity contribution in [2.24, 2.45) is 0 Å². The molecule has 0 spiro atoms. The Kier molecular flexibility index (Phi) is 8.17. The van der Waals surface area contributed by atoms with Crippen LogP contribution in [-0.2, 0) is 22.6 Å². The Morgan fingerprint density at radius 1 is 1.09 bits per heavy atom. The maximum atomic E-state index is 14.1. The van der Waals surface area contributed by atoms with Crippen LogP contribution in [0, 0.1) is 0 Å². The fourth-order valence-corrected chi connectivity index (χ4v) is 4.27. The topological polar surface area (TPSA) is 68.6 Å². The first-order valence-electron chi connectivity index (χ1n) is 10.6. The highest BCUT2D eigenvalue weighted by atomic mass is 35.5. The van der Waals surface area contributed by atoms with E-state index in [4.69, 9.17) is 16.3 Å². The van der Waals surface area contributed by atoms with Gasteiger partial charge in [0.15, 0.2) is 9.84 Å². The van der Waals surface area contributed by atoms with Gasteiger partial charge in [-0.15, -0.1) is 0 Å². The van der Waals surface area contributed by atoms with Crippen molar-refractivity contribution in [1.82, 2.24) is 9.47 Å². The molecular formula is C24H24ClF3N2O4S. The van der Waals surface area contributed by atoms with Crippen molar-refractivity contribution in [1.29, 1.82) is 0 Å². The number of hydrogen-bond acceptors (Lipinski definition) is 4. The minimum atomic E-state index is -4.73. The number of nitrogens with zero attached hydrogens (tertiary/aromatic N) is 2. The fourth-order valence-electron chi connectivity index (χ4n) is 3.31. The second-order valence-electron chi connectivity index (χ2n) is 7.85. The number of aromatic nitrogens is 1. The Morgan fingerprint density at radius 3 is 2.29 bits per heavy atom. The third kappa shape index (κ3) is 6.79. The van der Waals surface area contributed by atoms with Gasteiger partial charge in [0, 0.05) is 29.9 Å². The minimum Gasteiger partial charge on any atom is -0.392 e. The Labute approximate surface area is 206 Å². The second-order valence-corrected chi connectivity index (χ2v) is 10.8. The molecule has 0 aliphatic rings. The summed E-state index contributed by atoms with van der Waals surface area (Å²) in [4.78, 5) is 13.8. The van der Waals surface area contributed by atoms with E-state index in [9.17, 15) is 26.4 Å². The zero-order chi connectivity index (χ0) is 25.8. The maximum Gasteiger partial charge on any atom is 0.431 e. The van der Waals surface area contributed by atoms with Crippen molar-refractivity contribution in [3.8, 4) is 17.0 Å². The van der Waals surface area contributed by atoms with Crippen LogP contribution in [0.5, 0.6) is 5.88 Å². The summed E-state index contributed by atoms with van der Waals surface area (Å²) in [7, 11) is -2.03. The number of halogens is 4. The highest BCUT2D eigenvalue weighted by Crippen LogP contribution is 2.41. The molecule has 2 aromatic carbocycles. The molecule has 1 aromatic heterocycles. The van der Waals surface area contributed by atoms with Crippen LogP contribution in [0.4, 0.5) is 18.0 Å². The summed E-state index contributed by atoms with van der Waals surface area (Å²) < 4.78 is 72.2. The number of ether oxygens (including phenoxy) is 1. The van der Waals surface area contributed by atoms with Crippen LogP contribution in [0.3, 0.4) is 0 Å². The molecule has 0 saturated heterocycles. The van der Waals surface area contributed by atoms with Gasteiger partial charge in [0.25, 0.3) is 0 Å². The third-order valence-electron chi connectivity index (χ3n) is 5.35. The molecule has 0 bridgehead atoms. The minimum absolute atomic E-state index is 0.0489. The van der Waals surface area contributed by atoms with Crippen molar-refractivity contribution < 1.29 is 31.1 Å². The molecule has 3 aromatic rings. The van der Waals surface area contributed by atoms with Crippen molar-refractivity contribution >= 4 is 27.5 Å². The molecule has 0 fully saturated rings. The van der Waals surface area contributed by atoms with Gasteiger partial charge in [0.1, 0.15) is 5.69 Å². The zero-order valence-corrected chi connectivity index (χ0v) is 20.6. The number of rotatable bonds is 8. The summed E-state index contributed by atoms with van der Waals surface area (Å²) in [5.41, 5.74) is -0.0140. The molecule has 0 atom stereocenters. The van der Waals surface area contributed by atoms with E-state index in [1.165, 1.54) is 38.2 Å². The number of carbonyl (C=O) groups excluding carboxylic acids is 1. The van der Waals surface area contributed by atoms with Crippen molar-refractivity contribution in [2.45, 2.75) is 19.6 Å². The average Bonchev–Trinajstić information content (AvgIpc) is 3.17. The lowest BCUT2D eigenvalue weighted by Gasteiger charge is -2.20. The Morgan fingerprint density at radius 2 is 1.71 bits per heavy atom. The number of alkyl halides is 3. The lowest BCUT2D eigenvalue weighted by molar-refractivity contribution is -0.143. The Bertz CT molecular complexity index is 1270. The van der Waals surface area contributed by atoms with Gasteiger partial charge in [-0.3, -0.25) is 0 Å². The molecule has 0 radical (unpaired) electrons. The summed E-state index contributed by atoms with van der Waals surface area (Å²) in [6.07, 6.45) is -5.71.